The van der Waals surface area contributed by atoms with E-state index >= 15 is 0 Å². The van der Waals surface area contributed by atoms with Crippen LogP contribution in [-0.2, 0) is 24.6 Å². The molecular weight excluding hydrogens is 714 g/mol. The molecule has 286 valence electrons. The fourth-order valence-electron chi connectivity index (χ4n) is 6.91. The lowest BCUT2D eigenvalue weighted by Crippen LogP contribution is -2.29. The highest BCUT2D eigenvalue weighted by Gasteiger charge is 2.37. The Balaban J connectivity index is 0.00000181. The first-order chi connectivity index (χ1) is 26.1. The minimum absolute atomic E-state index is 0.0649. The molecule has 54 heavy (non-hydrogen) atoms. The number of nitrogens with zero attached hydrogens (tertiary/aromatic N) is 4. The maximum atomic E-state index is 13.5. The maximum Gasteiger partial charge on any atom is 0.290 e. The van der Waals surface area contributed by atoms with Crippen molar-refractivity contribution in [2.45, 2.75) is 71.6 Å². The topological polar surface area (TPSA) is 108 Å². The van der Waals surface area contributed by atoms with Gasteiger partial charge in [-0.05, 0) is 92.2 Å². The maximum absolute atomic E-state index is 13.5. The third kappa shape index (κ3) is 11.1. The Kier molecular flexibility index (Phi) is 14.6. The molecule has 3 heterocycles. The largest absolute Gasteiger partial charge is 0.493 e. The van der Waals surface area contributed by atoms with Gasteiger partial charge in [0.25, 0.3) is 12.4 Å². The number of carboxylic acid groups (broad SMARTS) is 1. The van der Waals surface area contributed by atoms with Crippen LogP contribution >= 0.6 is 11.6 Å². The monoisotopic (exact) mass is 760 g/mol. The van der Waals surface area contributed by atoms with Gasteiger partial charge in [0.15, 0.2) is 0 Å². The molecule has 0 aliphatic carbocycles. The van der Waals surface area contributed by atoms with Crippen molar-refractivity contribution in [3.63, 3.8) is 0 Å². The molecule has 0 bridgehead atoms. The van der Waals surface area contributed by atoms with Crippen LogP contribution in [0.15, 0.2) is 67.0 Å². The molecular formula is C42H47ClF2N4O5. The zero-order valence-electron chi connectivity index (χ0n) is 30.8. The van der Waals surface area contributed by atoms with Gasteiger partial charge in [0.1, 0.15) is 36.5 Å². The SMILES string of the molecule is Cc1c(COc2cc(OCc3cncc(C#N)c3)c(CN3CCCCC3)cc2Cl)cccc1-c1cccc(OCCCN2CCC(F)(F)C2)c1C.O=CO. The van der Waals surface area contributed by atoms with Crippen LogP contribution in [0.4, 0.5) is 8.78 Å². The number of likely N-dealkylation sites (tertiary alicyclic amines) is 2. The molecule has 0 unspecified atom stereocenters. The zero-order valence-corrected chi connectivity index (χ0v) is 31.6. The summed E-state index contributed by atoms with van der Waals surface area (Å²) in [6, 6.07) is 20.0. The molecule has 0 atom stereocenters. The van der Waals surface area contributed by atoms with Crippen molar-refractivity contribution in [3.05, 3.63) is 105 Å². The predicted octanol–water partition coefficient (Wildman–Crippen LogP) is 8.85. The minimum atomic E-state index is -2.57. The molecule has 0 amide bonds. The summed E-state index contributed by atoms with van der Waals surface area (Å²) in [5.41, 5.74) is 7.57. The molecule has 0 radical (unpaired) electrons. The highest BCUT2D eigenvalue weighted by molar-refractivity contribution is 6.32. The summed E-state index contributed by atoms with van der Waals surface area (Å²) in [5.74, 6) is -0.555. The Bertz CT molecular complexity index is 1910. The first-order valence-corrected chi connectivity index (χ1v) is 18.6. The standard InChI is InChI=1S/C41H45ClF2N4O3.CH2O2/c1-29-33(9-6-10-35(29)36-11-7-12-38(30(36)2)49-18-8-16-48-17-13-41(43,44)28-48)27-51-40-21-39(50-26-32-19-31(22-45)23-46-24-32)34(20-37(40)42)25-47-14-4-3-5-15-47;2-1-3/h6-7,9-12,19-21,23-24H,3-5,8,13-18,25-28H2,1-2H3;1H,(H,2,3). The van der Waals surface area contributed by atoms with Crippen LogP contribution in [0.5, 0.6) is 17.2 Å². The van der Waals surface area contributed by atoms with Gasteiger partial charge >= 0.3 is 0 Å². The molecule has 0 spiro atoms. The Morgan fingerprint density at radius 3 is 2.33 bits per heavy atom. The van der Waals surface area contributed by atoms with E-state index in [0.29, 0.717) is 54.8 Å². The highest BCUT2D eigenvalue weighted by Crippen LogP contribution is 2.37. The highest BCUT2D eigenvalue weighted by atomic mass is 35.5. The van der Waals surface area contributed by atoms with Gasteiger partial charge in [0.2, 0.25) is 0 Å². The number of carbonyl (C=O) groups is 1. The quantitative estimate of drug-likeness (QED) is 0.0997. The van der Waals surface area contributed by atoms with E-state index in [1.165, 1.54) is 25.5 Å². The number of hydrogen-bond donors (Lipinski definition) is 1. The van der Waals surface area contributed by atoms with Crippen molar-refractivity contribution < 1.29 is 32.9 Å². The number of ether oxygens (including phenoxy) is 3. The van der Waals surface area contributed by atoms with E-state index in [2.05, 4.69) is 41.1 Å². The third-order valence-electron chi connectivity index (χ3n) is 9.80. The van der Waals surface area contributed by atoms with Gasteiger partial charge < -0.3 is 19.3 Å². The van der Waals surface area contributed by atoms with Crippen molar-refractivity contribution in [3.8, 4) is 34.4 Å². The van der Waals surface area contributed by atoms with Crippen LogP contribution in [0.1, 0.15) is 65.5 Å². The number of halogens is 3. The zero-order chi connectivity index (χ0) is 38.5. The Morgan fingerprint density at radius 2 is 1.61 bits per heavy atom. The van der Waals surface area contributed by atoms with Gasteiger partial charge in [-0.2, -0.15) is 5.26 Å². The molecule has 9 nitrogen and oxygen atoms in total. The van der Waals surface area contributed by atoms with Gasteiger partial charge in [-0.15, -0.1) is 0 Å². The minimum Gasteiger partial charge on any atom is -0.493 e. The summed E-state index contributed by atoms with van der Waals surface area (Å²) in [5, 5.41) is 16.7. The smallest absolute Gasteiger partial charge is 0.290 e. The second-order valence-electron chi connectivity index (χ2n) is 13.7. The predicted molar refractivity (Wildman–Crippen MR) is 204 cm³/mol. The number of piperidine rings is 1. The Hall–Kier alpha value is -4.76. The molecule has 2 fully saturated rings. The second-order valence-corrected chi connectivity index (χ2v) is 14.1. The molecule has 2 aliphatic heterocycles. The average Bonchev–Trinajstić information content (AvgIpc) is 3.52. The van der Waals surface area contributed by atoms with E-state index in [0.717, 1.165) is 64.3 Å². The summed E-state index contributed by atoms with van der Waals surface area (Å²) in [6.45, 7) is 8.60. The summed E-state index contributed by atoms with van der Waals surface area (Å²) >= 11 is 6.85. The number of aromatic nitrogens is 1. The van der Waals surface area contributed by atoms with Crippen molar-refractivity contribution in [2.24, 2.45) is 0 Å². The lowest BCUT2D eigenvalue weighted by Gasteiger charge is -2.27. The van der Waals surface area contributed by atoms with E-state index in [1.54, 1.807) is 12.3 Å². The molecule has 4 aromatic rings. The summed E-state index contributed by atoms with van der Waals surface area (Å²) in [4.78, 5) is 16.8. The number of nitriles is 1. The van der Waals surface area contributed by atoms with E-state index in [-0.39, 0.29) is 26.0 Å². The van der Waals surface area contributed by atoms with Crippen molar-refractivity contribution in [2.75, 3.05) is 39.3 Å². The molecule has 3 aromatic carbocycles. The number of alkyl halides is 2. The van der Waals surface area contributed by atoms with Crippen LogP contribution < -0.4 is 14.2 Å². The van der Waals surface area contributed by atoms with Crippen LogP contribution in [0.2, 0.25) is 5.02 Å². The van der Waals surface area contributed by atoms with E-state index in [4.69, 9.17) is 35.7 Å². The van der Waals surface area contributed by atoms with Crippen molar-refractivity contribution in [1.29, 1.82) is 5.26 Å². The molecule has 2 saturated heterocycles. The number of hydrogen-bond acceptors (Lipinski definition) is 8. The van der Waals surface area contributed by atoms with E-state index in [9.17, 15) is 14.0 Å². The molecule has 6 rings (SSSR count). The van der Waals surface area contributed by atoms with Gasteiger partial charge in [-0.3, -0.25) is 19.6 Å². The molecule has 1 N–H and O–H groups in total. The average molecular weight is 761 g/mol. The van der Waals surface area contributed by atoms with Crippen LogP contribution in [0.3, 0.4) is 0 Å². The van der Waals surface area contributed by atoms with Gasteiger partial charge in [-0.25, -0.2) is 8.78 Å². The number of pyridine rings is 1. The number of benzene rings is 3. The first kappa shape index (κ1) is 40.4. The van der Waals surface area contributed by atoms with Gasteiger partial charge in [0.05, 0.1) is 23.7 Å². The Morgan fingerprint density at radius 1 is 0.889 bits per heavy atom. The summed E-state index contributed by atoms with van der Waals surface area (Å²) in [7, 11) is 0. The fourth-order valence-corrected chi connectivity index (χ4v) is 7.15. The lowest BCUT2D eigenvalue weighted by atomic mass is 9.93. The number of rotatable bonds is 14. The van der Waals surface area contributed by atoms with Crippen molar-refractivity contribution >= 4 is 18.1 Å². The Labute approximate surface area is 321 Å². The lowest BCUT2D eigenvalue weighted by molar-refractivity contribution is -0.122. The normalized spacial score (nSPS) is 15.5. The first-order valence-electron chi connectivity index (χ1n) is 18.2. The summed E-state index contributed by atoms with van der Waals surface area (Å²) in [6.07, 6.45) is 7.47. The van der Waals surface area contributed by atoms with E-state index < -0.39 is 5.92 Å². The molecule has 2 aliphatic rings. The molecule has 12 heteroatoms. The van der Waals surface area contributed by atoms with Crippen molar-refractivity contribution in [1.82, 2.24) is 14.8 Å². The van der Waals surface area contributed by atoms with Gasteiger partial charge in [0, 0.05) is 55.6 Å². The van der Waals surface area contributed by atoms with Gasteiger partial charge in [-0.1, -0.05) is 48.4 Å². The molecule has 0 saturated carbocycles. The molecule has 1 aromatic heterocycles. The summed E-state index contributed by atoms with van der Waals surface area (Å²) < 4.78 is 46.0. The third-order valence-corrected chi connectivity index (χ3v) is 10.1. The van der Waals surface area contributed by atoms with E-state index in [1.807, 2.05) is 42.2 Å². The fraction of sp³-hybridized carbons (Fsp3) is 0.405. The van der Waals surface area contributed by atoms with Crippen LogP contribution in [-0.4, -0.2) is 71.6 Å². The van der Waals surface area contributed by atoms with Crippen LogP contribution in [0, 0.1) is 25.2 Å². The van der Waals surface area contributed by atoms with Crippen LogP contribution in [0.25, 0.3) is 11.1 Å². The second kappa shape index (κ2) is 19.5.